The fourth-order valence-corrected chi connectivity index (χ4v) is 2.72. The fraction of sp³-hybridized carbons (Fsp3) is 0.500. The van der Waals surface area contributed by atoms with E-state index in [4.69, 9.17) is 4.74 Å². The lowest BCUT2D eigenvalue weighted by Crippen LogP contribution is -2.04. The molecule has 1 unspecified atom stereocenters. The number of hydrogen-bond donors (Lipinski definition) is 0. The Balaban J connectivity index is 2.64. The minimum Gasteiger partial charge on any atom is -0.364 e. The molecule has 1 heterocycles. The summed E-state index contributed by atoms with van der Waals surface area (Å²) >= 11 is 0. The quantitative estimate of drug-likeness (QED) is 0.682. The topological polar surface area (TPSA) is 9.23 Å². The van der Waals surface area contributed by atoms with Crippen LogP contribution in [0.4, 0.5) is 0 Å². The van der Waals surface area contributed by atoms with E-state index in [1.807, 2.05) is 0 Å². The minimum absolute atomic E-state index is 0.119. The largest absolute Gasteiger partial charge is 0.364 e. The first kappa shape index (κ1) is 12.4. The van der Waals surface area contributed by atoms with E-state index in [-0.39, 0.29) is 6.10 Å². The van der Waals surface area contributed by atoms with Gasteiger partial charge in [-0.25, -0.2) is 0 Å². The van der Waals surface area contributed by atoms with E-state index in [1.54, 1.807) is 0 Å². The fourth-order valence-electron chi connectivity index (χ4n) is 2.72. The lowest BCUT2D eigenvalue weighted by Gasteiger charge is -2.19. The molecule has 0 fully saturated rings. The molecule has 2 rings (SSSR count). The van der Waals surface area contributed by atoms with Gasteiger partial charge in [0.1, 0.15) is 6.10 Å². The van der Waals surface area contributed by atoms with Gasteiger partial charge in [0, 0.05) is 0 Å². The van der Waals surface area contributed by atoms with Crippen LogP contribution in [0.2, 0.25) is 0 Å². The highest BCUT2D eigenvalue weighted by Crippen LogP contribution is 2.42. The minimum atomic E-state index is 0.119. The maximum absolute atomic E-state index is 5.95. The summed E-state index contributed by atoms with van der Waals surface area (Å²) in [5.41, 5.74) is 9.57. The first-order chi connectivity index (χ1) is 7.99. The molecule has 0 amide bonds. The summed E-state index contributed by atoms with van der Waals surface area (Å²) in [6, 6.07) is 0. The summed E-state index contributed by atoms with van der Waals surface area (Å²) in [6.45, 7) is 15.9. The van der Waals surface area contributed by atoms with E-state index in [0.717, 1.165) is 13.0 Å². The molecule has 0 saturated heterocycles. The normalized spacial score (nSPS) is 18.3. The first-order valence-electron chi connectivity index (χ1n) is 6.37. The van der Waals surface area contributed by atoms with Crippen LogP contribution in [-0.2, 0) is 11.3 Å². The van der Waals surface area contributed by atoms with Gasteiger partial charge in [0.25, 0.3) is 0 Å². The van der Waals surface area contributed by atoms with Crippen LogP contribution >= 0.6 is 0 Å². The lowest BCUT2D eigenvalue weighted by molar-refractivity contribution is 0.0891. The van der Waals surface area contributed by atoms with Crippen LogP contribution in [0.1, 0.15) is 52.8 Å². The van der Waals surface area contributed by atoms with Crippen LogP contribution in [0.25, 0.3) is 0 Å². The van der Waals surface area contributed by atoms with Crippen LogP contribution in [-0.4, -0.2) is 0 Å². The Morgan fingerprint density at radius 2 is 1.71 bits per heavy atom. The van der Waals surface area contributed by atoms with Gasteiger partial charge in [0.15, 0.2) is 0 Å². The molecule has 0 bridgehead atoms. The van der Waals surface area contributed by atoms with Crippen LogP contribution < -0.4 is 0 Å². The third kappa shape index (κ3) is 1.73. The molecule has 1 aliphatic heterocycles. The van der Waals surface area contributed by atoms with Gasteiger partial charge in [-0.05, 0) is 73.1 Å². The second-order valence-corrected chi connectivity index (χ2v) is 5.10. The maximum atomic E-state index is 5.95. The molecule has 0 N–H and O–H groups in total. The summed E-state index contributed by atoms with van der Waals surface area (Å²) in [6.07, 6.45) is 1.10. The van der Waals surface area contributed by atoms with Crippen molar-refractivity contribution in [2.45, 2.75) is 53.8 Å². The van der Waals surface area contributed by atoms with Gasteiger partial charge in [-0.3, -0.25) is 0 Å². The Bertz CT molecular complexity index is 483. The number of ether oxygens (including phenoxy) is 1. The second-order valence-electron chi connectivity index (χ2n) is 5.10. The Morgan fingerprint density at radius 3 is 2.29 bits per heavy atom. The molecule has 1 aliphatic rings. The highest BCUT2D eigenvalue weighted by molar-refractivity contribution is 5.53. The van der Waals surface area contributed by atoms with Gasteiger partial charge in [-0.15, -0.1) is 0 Å². The standard InChI is InChI=1S/C16H22O/c1-7-9(2)16-15-13(6)11(4)10(3)12(5)14(15)8-17-16/h16H,2,7-8H2,1,3-6H3. The Morgan fingerprint density at radius 1 is 1.12 bits per heavy atom. The van der Waals surface area contributed by atoms with E-state index in [9.17, 15) is 0 Å². The Labute approximate surface area is 104 Å². The highest BCUT2D eigenvalue weighted by Gasteiger charge is 2.29. The van der Waals surface area contributed by atoms with Crippen LogP contribution in [0.15, 0.2) is 12.2 Å². The van der Waals surface area contributed by atoms with E-state index < -0.39 is 0 Å². The zero-order valence-electron chi connectivity index (χ0n) is 11.6. The van der Waals surface area contributed by atoms with E-state index in [1.165, 1.54) is 39.0 Å². The Kier molecular flexibility index (Phi) is 3.13. The molecule has 92 valence electrons. The zero-order valence-corrected chi connectivity index (χ0v) is 11.6. The molecule has 0 radical (unpaired) electrons. The number of fused-ring (bicyclic) bond motifs is 1. The van der Waals surface area contributed by atoms with Crippen molar-refractivity contribution in [2.24, 2.45) is 0 Å². The SMILES string of the molecule is C=C(CC)C1OCc2c(C)c(C)c(C)c(C)c21. The molecule has 17 heavy (non-hydrogen) atoms. The van der Waals surface area contributed by atoms with Crippen molar-refractivity contribution in [1.29, 1.82) is 0 Å². The zero-order chi connectivity index (χ0) is 12.7. The molecule has 0 aliphatic carbocycles. The molecular weight excluding hydrogens is 208 g/mol. The lowest BCUT2D eigenvalue weighted by atomic mass is 9.86. The Hall–Kier alpha value is -1.08. The van der Waals surface area contributed by atoms with Crippen molar-refractivity contribution in [3.05, 3.63) is 45.5 Å². The second kappa shape index (κ2) is 4.30. The van der Waals surface area contributed by atoms with Crippen molar-refractivity contribution in [2.75, 3.05) is 0 Å². The molecule has 1 heteroatoms. The molecule has 1 nitrogen and oxygen atoms in total. The highest BCUT2D eigenvalue weighted by atomic mass is 16.5. The molecule has 0 saturated carbocycles. The molecule has 1 aromatic rings. The average Bonchev–Trinajstić information content (AvgIpc) is 2.77. The number of hydrogen-bond acceptors (Lipinski definition) is 1. The van der Waals surface area contributed by atoms with Gasteiger partial charge < -0.3 is 4.74 Å². The van der Waals surface area contributed by atoms with Crippen molar-refractivity contribution in [3.8, 4) is 0 Å². The molecule has 0 aromatic heterocycles. The number of rotatable bonds is 2. The van der Waals surface area contributed by atoms with Crippen LogP contribution in [0.3, 0.4) is 0 Å². The predicted molar refractivity (Wildman–Crippen MR) is 72.4 cm³/mol. The van der Waals surface area contributed by atoms with Gasteiger partial charge in [-0.2, -0.15) is 0 Å². The van der Waals surface area contributed by atoms with Crippen LogP contribution in [0, 0.1) is 27.7 Å². The van der Waals surface area contributed by atoms with E-state index in [0.29, 0.717) is 0 Å². The number of benzene rings is 1. The van der Waals surface area contributed by atoms with Crippen molar-refractivity contribution < 1.29 is 4.74 Å². The van der Waals surface area contributed by atoms with Crippen molar-refractivity contribution in [3.63, 3.8) is 0 Å². The van der Waals surface area contributed by atoms with Gasteiger partial charge in [0.2, 0.25) is 0 Å². The smallest absolute Gasteiger partial charge is 0.104 e. The summed E-state index contributed by atoms with van der Waals surface area (Å²) in [4.78, 5) is 0. The third-order valence-corrected chi connectivity index (χ3v) is 4.35. The van der Waals surface area contributed by atoms with E-state index >= 15 is 0 Å². The average molecular weight is 230 g/mol. The first-order valence-corrected chi connectivity index (χ1v) is 6.37. The molecule has 1 aromatic carbocycles. The van der Waals surface area contributed by atoms with Gasteiger partial charge in [0.05, 0.1) is 6.61 Å². The van der Waals surface area contributed by atoms with Gasteiger partial charge in [-0.1, -0.05) is 13.5 Å². The van der Waals surface area contributed by atoms with Gasteiger partial charge >= 0.3 is 0 Å². The predicted octanol–water partition coefficient (Wildman–Crippen LogP) is 4.46. The maximum Gasteiger partial charge on any atom is 0.104 e. The summed E-state index contributed by atoms with van der Waals surface area (Å²) < 4.78 is 5.95. The molecule has 1 atom stereocenters. The molecule has 0 spiro atoms. The van der Waals surface area contributed by atoms with Crippen molar-refractivity contribution in [1.82, 2.24) is 0 Å². The van der Waals surface area contributed by atoms with Crippen molar-refractivity contribution >= 4 is 0 Å². The van der Waals surface area contributed by atoms with E-state index in [2.05, 4.69) is 41.2 Å². The summed E-state index contributed by atoms with van der Waals surface area (Å²) in [7, 11) is 0. The molecular formula is C16H22O. The van der Waals surface area contributed by atoms with Crippen LogP contribution in [0.5, 0.6) is 0 Å². The summed E-state index contributed by atoms with van der Waals surface area (Å²) in [5.74, 6) is 0. The monoisotopic (exact) mass is 230 g/mol. The third-order valence-electron chi connectivity index (χ3n) is 4.35. The summed E-state index contributed by atoms with van der Waals surface area (Å²) in [5, 5.41) is 0.